The van der Waals surface area contributed by atoms with Crippen LogP contribution in [0.5, 0.6) is 5.75 Å². The number of hydrogen-bond acceptors (Lipinski definition) is 8. The van der Waals surface area contributed by atoms with Crippen molar-refractivity contribution in [2.45, 2.75) is 45.7 Å². The van der Waals surface area contributed by atoms with Crippen molar-refractivity contribution in [3.05, 3.63) is 47.7 Å². The van der Waals surface area contributed by atoms with Crippen LogP contribution in [0.2, 0.25) is 0 Å². The number of phenols is 1. The molecule has 1 unspecified atom stereocenters. The molecule has 0 radical (unpaired) electrons. The van der Waals surface area contributed by atoms with Crippen molar-refractivity contribution in [3.8, 4) is 17.0 Å². The summed E-state index contributed by atoms with van der Waals surface area (Å²) in [6.45, 7) is 11.4. The number of alkyl halides is 2. The summed E-state index contributed by atoms with van der Waals surface area (Å²) in [4.78, 5) is 20.4. The number of rotatable bonds is 8. The number of anilines is 2. The summed E-state index contributed by atoms with van der Waals surface area (Å²) >= 11 is 0. The van der Waals surface area contributed by atoms with Gasteiger partial charge >= 0.3 is 0 Å². The molecule has 0 aliphatic carbocycles. The SMILES string of the molecule is CCC1CN(c2nc(N3CC(N(CC)CC)C3)nc3c(C(F)F)c(-c4cc(O)cc5ccc(F)c(F)c45)ncc23)CCN1. The summed E-state index contributed by atoms with van der Waals surface area (Å²) in [5.41, 5.74) is -0.906. The Kier molecular flexibility index (Phi) is 7.99. The first kappa shape index (κ1) is 29.3. The van der Waals surface area contributed by atoms with E-state index < -0.39 is 23.6 Å². The third-order valence-electron chi connectivity index (χ3n) is 8.73. The van der Waals surface area contributed by atoms with Crippen LogP contribution in [0, 0.1) is 11.6 Å². The molecule has 2 aliphatic heterocycles. The van der Waals surface area contributed by atoms with Crippen molar-refractivity contribution in [3.63, 3.8) is 0 Å². The van der Waals surface area contributed by atoms with Crippen molar-refractivity contribution >= 4 is 33.4 Å². The molecule has 1 atom stereocenters. The monoisotopic (exact) mass is 597 g/mol. The summed E-state index contributed by atoms with van der Waals surface area (Å²) in [6, 6.07) is 5.14. The van der Waals surface area contributed by atoms with Gasteiger partial charge in [-0.05, 0) is 43.1 Å². The van der Waals surface area contributed by atoms with Gasteiger partial charge in [0, 0.05) is 62.0 Å². The molecule has 6 rings (SSSR count). The number of nitrogens with zero attached hydrogens (tertiary/aromatic N) is 6. The van der Waals surface area contributed by atoms with Gasteiger partial charge in [0.15, 0.2) is 11.6 Å². The number of nitrogens with one attached hydrogen (secondary N) is 1. The molecular weight excluding hydrogens is 562 g/mol. The van der Waals surface area contributed by atoms with Crippen LogP contribution in [0.3, 0.4) is 0 Å². The number of pyridine rings is 1. The summed E-state index contributed by atoms with van der Waals surface area (Å²) in [6.07, 6.45) is -0.732. The molecule has 2 aromatic carbocycles. The van der Waals surface area contributed by atoms with E-state index in [1.54, 1.807) is 0 Å². The third-order valence-corrected chi connectivity index (χ3v) is 8.73. The molecule has 2 N–H and O–H groups in total. The number of phenolic OH excluding ortho intramolecular Hbond substituents is 1. The van der Waals surface area contributed by atoms with Crippen LogP contribution >= 0.6 is 0 Å². The summed E-state index contributed by atoms with van der Waals surface area (Å²) in [7, 11) is 0. The second-order valence-electron chi connectivity index (χ2n) is 11.2. The Morgan fingerprint density at radius 3 is 2.51 bits per heavy atom. The minimum atomic E-state index is -3.05. The van der Waals surface area contributed by atoms with Crippen molar-refractivity contribution in [2.24, 2.45) is 0 Å². The Morgan fingerprint density at radius 2 is 1.81 bits per heavy atom. The normalized spacial score (nSPS) is 17.9. The molecule has 8 nitrogen and oxygen atoms in total. The van der Waals surface area contributed by atoms with Crippen LogP contribution in [0.1, 0.15) is 39.2 Å². The fraction of sp³-hybridized carbons (Fsp3) is 0.452. The van der Waals surface area contributed by atoms with Gasteiger partial charge in [-0.25, -0.2) is 22.5 Å². The number of benzene rings is 2. The number of fused-ring (bicyclic) bond motifs is 2. The summed E-state index contributed by atoms with van der Waals surface area (Å²) < 4.78 is 59.8. The van der Waals surface area contributed by atoms with Crippen molar-refractivity contribution in [1.82, 2.24) is 25.2 Å². The van der Waals surface area contributed by atoms with Gasteiger partial charge in [0.05, 0.1) is 22.2 Å². The quantitative estimate of drug-likeness (QED) is 0.259. The van der Waals surface area contributed by atoms with Gasteiger partial charge in [0.1, 0.15) is 11.6 Å². The lowest BCUT2D eigenvalue weighted by Gasteiger charge is -2.45. The predicted molar refractivity (Wildman–Crippen MR) is 160 cm³/mol. The fourth-order valence-corrected chi connectivity index (χ4v) is 6.33. The van der Waals surface area contributed by atoms with E-state index in [9.17, 15) is 9.50 Å². The first-order valence-corrected chi connectivity index (χ1v) is 14.8. The maximum Gasteiger partial charge on any atom is 0.268 e. The van der Waals surface area contributed by atoms with Crippen molar-refractivity contribution in [1.29, 1.82) is 0 Å². The summed E-state index contributed by atoms with van der Waals surface area (Å²) in [5, 5.41) is 14.2. The Labute approximate surface area is 247 Å². The molecule has 0 saturated carbocycles. The van der Waals surface area contributed by atoms with Crippen LogP contribution in [0.4, 0.5) is 29.3 Å². The molecule has 2 fully saturated rings. The second kappa shape index (κ2) is 11.7. The van der Waals surface area contributed by atoms with Crippen LogP contribution in [0.25, 0.3) is 32.9 Å². The first-order chi connectivity index (χ1) is 20.7. The number of aromatic nitrogens is 3. The number of piperazine rings is 1. The molecule has 0 amide bonds. The lowest BCUT2D eigenvalue weighted by Crippen LogP contribution is -2.60. The van der Waals surface area contributed by atoms with Crippen molar-refractivity contribution < 1.29 is 22.7 Å². The van der Waals surface area contributed by atoms with Crippen LogP contribution in [-0.4, -0.2) is 82.9 Å². The molecule has 2 saturated heterocycles. The van der Waals surface area contributed by atoms with Gasteiger partial charge in [0.25, 0.3) is 6.43 Å². The minimum Gasteiger partial charge on any atom is -0.508 e. The molecule has 43 heavy (non-hydrogen) atoms. The van der Waals surface area contributed by atoms with E-state index in [1.807, 2.05) is 4.90 Å². The molecular formula is C31H35F4N7O. The molecule has 2 aliphatic rings. The predicted octanol–water partition coefficient (Wildman–Crippen LogP) is 5.49. The van der Waals surface area contributed by atoms with Gasteiger partial charge in [-0.15, -0.1) is 0 Å². The highest BCUT2D eigenvalue weighted by molar-refractivity contribution is 6.02. The zero-order valence-corrected chi connectivity index (χ0v) is 24.4. The van der Waals surface area contributed by atoms with Gasteiger partial charge in [-0.1, -0.05) is 26.8 Å². The highest BCUT2D eigenvalue weighted by Gasteiger charge is 2.35. The largest absolute Gasteiger partial charge is 0.508 e. The van der Waals surface area contributed by atoms with E-state index in [0.717, 1.165) is 31.6 Å². The molecule has 12 heteroatoms. The fourth-order valence-electron chi connectivity index (χ4n) is 6.33. The average Bonchev–Trinajstić information content (AvgIpc) is 2.98. The molecule has 0 spiro atoms. The molecule has 228 valence electrons. The summed E-state index contributed by atoms with van der Waals surface area (Å²) in [5.74, 6) is -1.75. The Balaban J connectivity index is 1.57. The van der Waals surface area contributed by atoms with E-state index in [2.05, 4.69) is 40.9 Å². The molecule has 4 aromatic rings. The van der Waals surface area contributed by atoms with E-state index in [1.165, 1.54) is 18.3 Å². The van der Waals surface area contributed by atoms with E-state index in [0.29, 0.717) is 55.9 Å². The van der Waals surface area contributed by atoms with Gasteiger partial charge in [-0.2, -0.15) is 4.98 Å². The van der Waals surface area contributed by atoms with Crippen LogP contribution in [0.15, 0.2) is 30.5 Å². The number of aromatic hydroxyl groups is 1. The van der Waals surface area contributed by atoms with Crippen molar-refractivity contribution in [2.75, 3.05) is 55.6 Å². The lowest BCUT2D eigenvalue weighted by molar-refractivity contribution is 0.153. The average molecular weight is 598 g/mol. The first-order valence-electron chi connectivity index (χ1n) is 14.8. The van der Waals surface area contributed by atoms with Crippen LogP contribution in [-0.2, 0) is 0 Å². The number of likely N-dealkylation sites (N-methyl/N-ethyl adjacent to an activating group) is 1. The maximum absolute atomic E-state index is 15.2. The topological polar surface area (TPSA) is 80.7 Å². The Hall–Kier alpha value is -3.77. The lowest BCUT2D eigenvalue weighted by atomic mass is 9.96. The highest BCUT2D eigenvalue weighted by atomic mass is 19.3. The third kappa shape index (κ3) is 5.20. The van der Waals surface area contributed by atoms with E-state index >= 15 is 13.2 Å². The molecule has 2 aromatic heterocycles. The number of hydrogen-bond donors (Lipinski definition) is 2. The zero-order chi connectivity index (χ0) is 30.4. The van der Waals surface area contributed by atoms with E-state index in [4.69, 9.17) is 9.97 Å². The van der Waals surface area contributed by atoms with E-state index in [-0.39, 0.29) is 39.3 Å². The Bertz CT molecular complexity index is 1660. The number of halogens is 4. The van der Waals surface area contributed by atoms with Gasteiger partial charge in [-0.3, -0.25) is 9.88 Å². The van der Waals surface area contributed by atoms with Gasteiger partial charge in [0.2, 0.25) is 5.95 Å². The molecule has 0 bridgehead atoms. The maximum atomic E-state index is 15.2. The minimum absolute atomic E-state index is 0.00572. The zero-order valence-electron chi connectivity index (χ0n) is 24.4. The second-order valence-corrected chi connectivity index (χ2v) is 11.2. The molecule has 4 heterocycles. The van der Waals surface area contributed by atoms with Crippen LogP contribution < -0.4 is 15.1 Å². The Morgan fingerprint density at radius 1 is 1.05 bits per heavy atom. The van der Waals surface area contributed by atoms with Gasteiger partial charge < -0.3 is 20.2 Å². The standard InChI is InChI=1S/C31H35F4N7O/c1-4-18-14-41(10-9-36-18)30-22-13-37-27(21-12-20(43)11-17-7-8-23(32)26(33)24(17)21)25(29(34)35)28(22)38-31(39-30)42-15-19(16-42)40(5-2)6-3/h7-8,11-13,18-19,29,36,43H,4-6,9-10,14-16H2,1-3H3. The highest BCUT2D eigenvalue weighted by Crippen LogP contribution is 2.42. The smallest absolute Gasteiger partial charge is 0.268 e.